The van der Waals surface area contributed by atoms with Crippen molar-refractivity contribution < 1.29 is 14.7 Å². The fourth-order valence-electron chi connectivity index (χ4n) is 2.78. The average Bonchev–Trinajstić information content (AvgIpc) is 2.93. The number of nitrogens with zero attached hydrogens (tertiary/aromatic N) is 4. The molecule has 0 unspecified atom stereocenters. The second kappa shape index (κ2) is 6.35. The average molecular weight is 338 g/mol. The van der Waals surface area contributed by atoms with Gasteiger partial charge in [0.2, 0.25) is 5.91 Å². The van der Waals surface area contributed by atoms with Gasteiger partial charge in [0.1, 0.15) is 0 Å². The smallest absolute Gasteiger partial charge is 0.356 e. The van der Waals surface area contributed by atoms with Crippen LogP contribution in [0.25, 0.3) is 10.9 Å². The molecule has 2 heterocycles. The first-order valence-electron chi connectivity index (χ1n) is 7.76. The molecule has 1 aromatic carbocycles. The van der Waals surface area contributed by atoms with Crippen molar-refractivity contribution >= 4 is 28.5 Å². The number of aryl methyl sites for hydroxylation is 2. The standard InChI is InChI=1S/C18H18N4O3/c1-11-4-6-14-7-5-13(8-15(14)20-11)10-22(12(2)23)16-9-19-21(3)17(16)18(24)25/h4-9H,10H2,1-3H3,(H,24,25). The summed E-state index contributed by atoms with van der Waals surface area (Å²) in [6.07, 6.45) is 1.40. The molecule has 3 rings (SSSR count). The van der Waals surface area contributed by atoms with E-state index < -0.39 is 5.97 Å². The minimum absolute atomic E-state index is 0.0232. The summed E-state index contributed by atoms with van der Waals surface area (Å²) in [5.41, 5.74) is 2.87. The normalized spacial score (nSPS) is 10.8. The Balaban J connectivity index is 2.01. The van der Waals surface area contributed by atoms with Crippen LogP contribution in [0.1, 0.15) is 28.7 Å². The van der Waals surface area contributed by atoms with Gasteiger partial charge >= 0.3 is 5.97 Å². The van der Waals surface area contributed by atoms with Gasteiger partial charge in [-0.25, -0.2) is 4.79 Å². The van der Waals surface area contributed by atoms with Gasteiger partial charge in [0.25, 0.3) is 0 Å². The Morgan fingerprint density at radius 2 is 1.96 bits per heavy atom. The number of amides is 1. The van der Waals surface area contributed by atoms with Crippen molar-refractivity contribution in [2.45, 2.75) is 20.4 Å². The number of rotatable bonds is 4. The topological polar surface area (TPSA) is 88.3 Å². The molecule has 0 radical (unpaired) electrons. The number of carbonyl (C=O) groups excluding carboxylic acids is 1. The lowest BCUT2D eigenvalue weighted by atomic mass is 10.1. The van der Waals surface area contributed by atoms with E-state index in [-0.39, 0.29) is 23.8 Å². The van der Waals surface area contributed by atoms with Gasteiger partial charge < -0.3 is 10.0 Å². The maximum absolute atomic E-state index is 12.1. The second-order valence-electron chi connectivity index (χ2n) is 5.89. The summed E-state index contributed by atoms with van der Waals surface area (Å²) in [7, 11) is 1.54. The van der Waals surface area contributed by atoms with Gasteiger partial charge in [-0.1, -0.05) is 18.2 Å². The predicted octanol–water partition coefficient (Wildman–Crippen LogP) is 2.53. The number of pyridine rings is 1. The molecule has 1 amide bonds. The molecule has 7 nitrogen and oxygen atoms in total. The van der Waals surface area contributed by atoms with Gasteiger partial charge in [-0.2, -0.15) is 5.10 Å². The lowest BCUT2D eigenvalue weighted by Gasteiger charge is -2.20. The molecule has 0 fully saturated rings. The highest BCUT2D eigenvalue weighted by Gasteiger charge is 2.23. The molecule has 1 N–H and O–H groups in total. The van der Waals surface area contributed by atoms with E-state index in [0.717, 1.165) is 22.2 Å². The van der Waals surface area contributed by atoms with Crippen molar-refractivity contribution in [1.29, 1.82) is 0 Å². The first kappa shape index (κ1) is 16.6. The first-order valence-corrected chi connectivity index (χ1v) is 7.76. The molecule has 7 heteroatoms. The molecule has 25 heavy (non-hydrogen) atoms. The second-order valence-corrected chi connectivity index (χ2v) is 5.89. The van der Waals surface area contributed by atoms with E-state index in [2.05, 4.69) is 10.1 Å². The van der Waals surface area contributed by atoms with E-state index in [0.29, 0.717) is 0 Å². The highest BCUT2D eigenvalue weighted by molar-refractivity contribution is 6.00. The number of hydrogen-bond acceptors (Lipinski definition) is 4. The maximum Gasteiger partial charge on any atom is 0.356 e. The van der Waals surface area contributed by atoms with Crippen LogP contribution in [0.2, 0.25) is 0 Å². The fourth-order valence-corrected chi connectivity index (χ4v) is 2.78. The molecule has 2 aromatic heterocycles. The Bertz CT molecular complexity index is 978. The van der Waals surface area contributed by atoms with Crippen LogP contribution in [0.15, 0.2) is 36.5 Å². The molecule has 128 valence electrons. The van der Waals surface area contributed by atoms with Gasteiger partial charge in [-0.3, -0.25) is 14.5 Å². The number of anilines is 1. The van der Waals surface area contributed by atoms with Gasteiger partial charge in [0, 0.05) is 25.1 Å². The van der Waals surface area contributed by atoms with Crippen molar-refractivity contribution in [3.63, 3.8) is 0 Å². The van der Waals surface area contributed by atoms with Crippen LogP contribution in [-0.4, -0.2) is 31.7 Å². The van der Waals surface area contributed by atoms with E-state index >= 15 is 0 Å². The fraction of sp³-hybridized carbons (Fsp3) is 0.222. The first-order chi connectivity index (χ1) is 11.9. The van der Waals surface area contributed by atoms with E-state index in [1.807, 2.05) is 37.3 Å². The Labute approximate surface area is 144 Å². The van der Waals surface area contributed by atoms with Crippen molar-refractivity contribution in [2.24, 2.45) is 7.05 Å². The van der Waals surface area contributed by atoms with Crippen molar-refractivity contribution in [3.05, 3.63) is 53.5 Å². The number of aromatic carboxylic acids is 1. The van der Waals surface area contributed by atoms with Crippen molar-refractivity contribution in [1.82, 2.24) is 14.8 Å². The number of benzene rings is 1. The van der Waals surface area contributed by atoms with Crippen LogP contribution in [0, 0.1) is 6.92 Å². The Morgan fingerprint density at radius 3 is 2.64 bits per heavy atom. The summed E-state index contributed by atoms with van der Waals surface area (Å²) in [6, 6.07) is 9.70. The number of hydrogen-bond donors (Lipinski definition) is 1. The molecular formula is C18H18N4O3. The number of carbonyl (C=O) groups is 2. The summed E-state index contributed by atoms with van der Waals surface area (Å²) < 4.78 is 1.25. The van der Waals surface area contributed by atoms with Crippen LogP contribution >= 0.6 is 0 Å². The molecule has 0 spiro atoms. The summed E-state index contributed by atoms with van der Waals surface area (Å²) in [5, 5.41) is 14.4. The molecule has 0 aliphatic carbocycles. The highest BCUT2D eigenvalue weighted by Crippen LogP contribution is 2.23. The van der Waals surface area contributed by atoms with Gasteiger partial charge in [0.05, 0.1) is 23.9 Å². The molecule has 0 aliphatic heterocycles. The van der Waals surface area contributed by atoms with Gasteiger partial charge in [-0.05, 0) is 24.6 Å². The number of carboxylic acids is 1. The molecule has 0 atom stereocenters. The zero-order valence-corrected chi connectivity index (χ0v) is 14.2. The largest absolute Gasteiger partial charge is 0.476 e. The summed E-state index contributed by atoms with van der Waals surface area (Å²) in [6.45, 7) is 3.57. The number of carboxylic acid groups (broad SMARTS) is 1. The quantitative estimate of drug-likeness (QED) is 0.790. The molecule has 0 saturated heterocycles. The SMILES string of the molecule is CC(=O)N(Cc1ccc2ccc(C)nc2c1)c1cnn(C)c1C(=O)O. The molecule has 3 aromatic rings. The van der Waals surface area contributed by atoms with E-state index in [4.69, 9.17) is 0 Å². The predicted molar refractivity (Wildman–Crippen MR) is 93.5 cm³/mol. The molecule has 0 bridgehead atoms. The van der Waals surface area contributed by atoms with Crippen LogP contribution < -0.4 is 4.90 Å². The monoisotopic (exact) mass is 338 g/mol. The molecular weight excluding hydrogens is 320 g/mol. The Morgan fingerprint density at radius 1 is 1.24 bits per heavy atom. The lowest BCUT2D eigenvalue weighted by molar-refractivity contribution is -0.116. The maximum atomic E-state index is 12.1. The van der Waals surface area contributed by atoms with Crippen LogP contribution in [0.5, 0.6) is 0 Å². The molecule has 0 aliphatic rings. The third-order valence-corrected chi connectivity index (χ3v) is 4.03. The van der Waals surface area contributed by atoms with E-state index in [9.17, 15) is 14.7 Å². The zero-order valence-electron chi connectivity index (χ0n) is 14.2. The highest BCUT2D eigenvalue weighted by atomic mass is 16.4. The summed E-state index contributed by atoms with van der Waals surface area (Å²) in [4.78, 5) is 29.5. The summed E-state index contributed by atoms with van der Waals surface area (Å²) in [5.74, 6) is -1.38. The lowest BCUT2D eigenvalue weighted by Crippen LogP contribution is -2.29. The minimum atomic E-state index is -1.13. The molecule has 0 saturated carbocycles. The minimum Gasteiger partial charge on any atom is -0.476 e. The number of fused-ring (bicyclic) bond motifs is 1. The van der Waals surface area contributed by atoms with E-state index in [1.54, 1.807) is 0 Å². The third-order valence-electron chi connectivity index (χ3n) is 4.03. The van der Waals surface area contributed by atoms with Gasteiger partial charge in [-0.15, -0.1) is 0 Å². The zero-order chi connectivity index (χ0) is 18.1. The van der Waals surface area contributed by atoms with Crippen LogP contribution in [0.4, 0.5) is 5.69 Å². The summed E-state index contributed by atoms with van der Waals surface area (Å²) >= 11 is 0. The third kappa shape index (κ3) is 3.21. The number of aromatic nitrogens is 3. The van der Waals surface area contributed by atoms with E-state index in [1.165, 1.54) is 29.7 Å². The Kier molecular flexibility index (Phi) is 4.22. The van der Waals surface area contributed by atoms with Gasteiger partial charge in [0.15, 0.2) is 5.69 Å². The van der Waals surface area contributed by atoms with Crippen LogP contribution in [0.3, 0.4) is 0 Å². The van der Waals surface area contributed by atoms with Crippen LogP contribution in [-0.2, 0) is 18.4 Å². The van der Waals surface area contributed by atoms with Crippen molar-refractivity contribution in [2.75, 3.05) is 4.90 Å². The Hall–Kier alpha value is -3.22. The van der Waals surface area contributed by atoms with Crippen molar-refractivity contribution in [3.8, 4) is 0 Å².